The van der Waals surface area contributed by atoms with Crippen molar-refractivity contribution in [2.24, 2.45) is 0 Å². The largest absolute Gasteiger partial charge is 0.312 e. The second-order valence-electron chi connectivity index (χ2n) is 5.53. The van der Waals surface area contributed by atoms with E-state index in [0.29, 0.717) is 12.0 Å². The van der Waals surface area contributed by atoms with Gasteiger partial charge in [0.05, 0.1) is 0 Å². The number of likely N-dealkylation sites (N-methyl/N-ethyl adjacent to an activating group) is 1. The highest BCUT2D eigenvalue weighted by atomic mass is 14.9. The lowest BCUT2D eigenvalue weighted by Gasteiger charge is -2.26. The minimum Gasteiger partial charge on any atom is -0.312 e. The first-order chi connectivity index (χ1) is 10.3. The first-order valence-electron chi connectivity index (χ1n) is 7.51. The molecule has 0 aromatic heterocycles. The van der Waals surface area contributed by atoms with E-state index in [9.17, 15) is 0 Å². The van der Waals surface area contributed by atoms with Gasteiger partial charge >= 0.3 is 0 Å². The molecule has 0 aliphatic heterocycles. The van der Waals surface area contributed by atoms with Crippen molar-refractivity contribution in [3.05, 3.63) is 83.9 Å². The van der Waals surface area contributed by atoms with Crippen molar-refractivity contribution in [2.75, 3.05) is 7.05 Å². The van der Waals surface area contributed by atoms with E-state index >= 15 is 0 Å². The van der Waals surface area contributed by atoms with Gasteiger partial charge in [0, 0.05) is 12.0 Å². The number of benzene rings is 3. The fraction of sp³-hybridized carbons (Fsp3) is 0.200. The van der Waals surface area contributed by atoms with Crippen LogP contribution in [0.4, 0.5) is 0 Å². The highest BCUT2D eigenvalue weighted by Crippen LogP contribution is 2.34. The van der Waals surface area contributed by atoms with Crippen LogP contribution in [0.5, 0.6) is 0 Å². The highest BCUT2D eigenvalue weighted by Gasteiger charge is 2.20. The van der Waals surface area contributed by atoms with Crippen molar-refractivity contribution < 1.29 is 0 Å². The molecule has 3 aromatic rings. The lowest BCUT2D eigenvalue weighted by atomic mass is 9.86. The summed E-state index contributed by atoms with van der Waals surface area (Å²) in [4.78, 5) is 0. The van der Waals surface area contributed by atoms with E-state index in [-0.39, 0.29) is 0 Å². The van der Waals surface area contributed by atoms with E-state index < -0.39 is 0 Å². The average Bonchev–Trinajstić information content (AvgIpc) is 2.56. The van der Waals surface area contributed by atoms with E-state index in [0.717, 1.165) is 0 Å². The Kier molecular flexibility index (Phi) is 4.03. The van der Waals surface area contributed by atoms with E-state index in [1.165, 1.54) is 21.9 Å². The molecule has 2 atom stereocenters. The van der Waals surface area contributed by atoms with Crippen molar-refractivity contribution in [3.8, 4) is 0 Å². The quantitative estimate of drug-likeness (QED) is 0.714. The Morgan fingerprint density at radius 3 is 2.19 bits per heavy atom. The summed E-state index contributed by atoms with van der Waals surface area (Å²) in [6.45, 7) is 2.29. The fourth-order valence-corrected chi connectivity index (χ4v) is 3.15. The molecule has 0 fully saturated rings. The number of rotatable bonds is 4. The summed E-state index contributed by atoms with van der Waals surface area (Å²) in [5, 5.41) is 6.15. The molecular formula is C20H21N. The molecule has 21 heavy (non-hydrogen) atoms. The third kappa shape index (κ3) is 2.70. The van der Waals surface area contributed by atoms with E-state index in [2.05, 4.69) is 85.0 Å². The highest BCUT2D eigenvalue weighted by molar-refractivity contribution is 5.86. The molecule has 0 aliphatic carbocycles. The molecular weight excluding hydrogens is 254 g/mol. The van der Waals surface area contributed by atoms with Crippen LogP contribution in [0.1, 0.15) is 30.0 Å². The van der Waals surface area contributed by atoms with Crippen LogP contribution >= 0.6 is 0 Å². The second-order valence-corrected chi connectivity index (χ2v) is 5.53. The molecule has 0 bridgehead atoms. The zero-order valence-electron chi connectivity index (χ0n) is 12.6. The minimum atomic E-state index is 0.304. The SMILES string of the molecule is CNC(c1cccc2ccccc12)C(C)c1ccccc1. The average molecular weight is 275 g/mol. The lowest BCUT2D eigenvalue weighted by Crippen LogP contribution is -2.22. The molecule has 0 saturated carbocycles. The molecule has 0 spiro atoms. The predicted molar refractivity (Wildman–Crippen MR) is 90.6 cm³/mol. The standard InChI is InChI=1S/C20H21N/c1-15(16-9-4-3-5-10-16)20(21-2)19-14-8-12-17-11-6-7-13-18(17)19/h3-15,20-21H,1-2H3. The number of fused-ring (bicyclic) bond motifs is 1. The fourth-order valence-electron chi connectivity index (χ4n) is 3.15. The van der Waals surface area contributed by atoms with E-state index in [1.54, 1.807) is 0 Å². The summed E-state index contributed by atoms with van der Waals surface area (Å²) in [5.41, 5.74) is 2.73. The lowest BCUT2D eigenvalue weighted by molar-refractivity contribution is 0.511. The van der Waals surface area contributed by atoms with Gasteiger partial charge in [-0.3, -0.25) is 0 Å². The van der Waals surface area contributed by atoms with Gasteiger partial charge in [0.15, 0.2) is 0 Å². The molecule has 1 N–H and O–H groups in total. The summed E-state index contributed by atoms with van der Waals surface area (Å²) in [6.07, 6.45) is 0. The van der Waals surface area contributed by atoms with Crippen molar-refractivity contribution in [1.29, 1.82) is 0 Å². The predicted octanol–water partition coefficient (Wildman–Crippen LogP) is 4.90. The van der Waals surface area contributed by atoms with Gasteiger partial charge in [-0.2, -0.15) is 0 Å². The smallest absolute Gasteiger partial charge is 0.0390 e. The van der Waals surface area contributed by atoms with Gasteiger partial charge in [-0.05, 0) is 28.9 Å². The second kappa shape index (κ2) is 6.11. The monoisotopic (exact) mass is 275 g/mol. The Labute approximate surface area is 126 Å². The van der Waals surface area contributed by atoms with Gasteiger partial charge in [-0.1, -0.05) is 79.7 Å². The molecule has 3 aromatic carbocycles. The van der Waals surface area contributed by atoms with Crippen LogP contribution in [-0.4, -0.2) is 7.05 Å². The van der Waals surface area contributed by atoms with Crippen molar-refractivity contribution in [3.63, 3.8) is 0 Å². The summed E-state index contributed by atoms with van der Waals surface area (Å²) in [6, 6.07) is 26.2. The molecule has 2 unspecified atom stereocenters. The van der Waals surface area contributed by atoms with Crippen LogP contribution < -0.4 is 5.32 Å². The van der Waals surface area contributed by atoms with Crippen LogP contribution in [-0.2, 0) is 0 Å². The summed E-state index contributed by atoms with van der Waals surface area (Å²) >= 11 is 0. The molecule has 106 valence electrons. The van der Waals surface area contributed by atoms with E-state index in [4.69, 9.17) is 0 Å². The van der Waals surface area contributed by atoms with Gasteiger partial charge in [-0.25, -0.2) is 0 Å². The maximum Gasteiger partial charge on any atom is 0.0390 e. The van der Waals surface area contributed by atoms with Crippen LogP contribution in [0.15, 0.2) is 72.8 Å². The molecule has 0 radical (unpaired) electrons. The number of hydrogen-bond donors (Lipinski definition) is 1. The van der Waals surface area contributed by atoms with Crippen LogP contribution in [0.3, 0.4) is 0 Å². The third-order valence-electron chi connectivity index (χ3n) is 4.29. The van der Waals surface area contributed by atoms with Gasteiger partial charge in [0.2, 0.25) is 0 Å². The molecule has 0 heterocycles. The van der Waals surface area contributed by atoms with Crippen LogP contribution in [0, 0.1) is 0 Å². The Morgan fingerprint density at radius 1 is 0.762 bits per heavy atom. The Morgan fingerprint density at radius 2 is 1.43 bits per heavy atom. The molecule has 0 aliphatic rings. The molecule has 0 amide bonds. The van der Waals surface area contributed by atoms with Crippen LogP contribution in [0.2, 0.25) is 0 Å². The van der Waals surface area contributed by atoms with Gasteiger partial charge < -0.3 is 5.32 Å². The number of nitrogens with one attached hydrogen (secondary N) is 1. The Balaban J connectivity index is 2.06. The molecule has 1 heteroatoms. The van der Waals surface area contributed by atoms with E-state index in [1.807, 2.05) is 7.05 Å². The topological polar surface area (TPSA) is 12.0 Å². The van der Waals surface area contributed by atoms with Gasteiger partial charge in [0.1, 0.15) is 0 Å². The maximum atomic E-state index is 3.51. The zero-order chi connectivity index (χ0) is 14.7. The molecule has 1 nitrogen and oxygen atoms in total. The minimum absolute atomic E-state index is 0.304. The Bertz CT molecular complexity index is 713. The summed E-state index contributed by atoms with van der Waals surface area (Å²) < 4.78 is 0. The van der Waals surface area contributed by atoms with Crippen molar-refractivity contribution in [1.82, 2.24) is 5.32 Å². The van der Waals surface area contributed by atoms with Crippen molar-refractivity contribution >= 4 is 10.8 Å². The summed E-state index contributed by atoms with van der Waals surface area (Å²) in [5.74, 6) is 0.419. The summed E-state index contributed by atoms with van der Waals surface area (Å²) in [7, 11) is 2.05. The van der Waals surface area contributed by atoms with Gasteiger partial charge in [-0.15, -0.1) is 0 Å². The zero-order valence-corrected chi connectivity index (χ0v) is 12.6. The van der Waals surface area contributed by atoms with Gasteiger partial charge in [0.25, 0.3) is 0 Å². The number of hydrogen-bond acceptors (Lipinski definition) is 1. The molecule has 3 rings (SSSR count). The first kappa shape index (κ1) is 13.8. The Hall–Kier alpha value is -2.12. The normalized spacial score (nSPS) is 14.0. The van der Waals surface area contributed by atoms with Crippen molar-refractivity contribution in [2.45, 2.75) is 18.9 Å². The maximum absolute atomic E-state index is 3.51. The van der Waals surface area contributed by atoms with Crippen LogP contribution in [0.25, 0.3) is 10.8 Å². The molecule has 0 saturated heterocycles. The third-order valence-corrected chi connectivity index (χ3v) is 4.29. The first-order valence-corrected chi connectivity index (χ1v) is 7.51.